The molecule has 1 saturated carbocycles. The standard InChI is InChI=1S/C16H34N4O.HI/c1-6-17-15(19-13-16(2,3)21-5)18-11-12-20(4)14-9-7-8-10-14;/h14H,6-13H2,1-5H3,(H2,17,18,19);1H. The lowest BCUT2D eigenvalue weighted by Gasteiger charge is -2.25. The van der Waals surface area contributed by atoms with Crippen LogP contribution in [0.15, 0.2) is 4.99 Å². The predicted octanol–water partition coefficient (Wildman–Crippen LogP) is 2.46. The second-order valence-corrected chi connectivity index (χ2v) is 6.50. The molecule has 0 bridgehead atoms. The van der Waals surface area contributed by atoms with Crippen LogP contribution in [-0.4, -0.2) is 62.8 Å². The summed E-state index contributed by atoms with van der Waals surface area (Å²) in [6.45, 7) is 9.69. The van der Waals surface area contributed by atoms with Crippen LogP contribution in [0.2, 0.25) is 0 Å². The molecule has 0 heterocycles. The maximum Gasteiger partial charge on any atom is 0.191 e. The second kappa shape index (κ2) is 11.5. The van der Waals surface area contributed by atoms with Gasteiger partial charge in [-0.2, -0.15) is 0 Å². The van der Waals surface area contributed by atoms with Gasteiger partial charge >= 0.3 is 0 Å². The third-order valence-corrected chi connectivity index (χ3v) is 4.22. The van der Waals surface area contributed by atoms with Crippen LogP contribution in [0.4, 0.5) is 0 Å². The number of guanidine groups is 1. The normalized spacial score (nSPS) is 16.7. The molecule has 0 radical (unpaired) electrons. The van der Waals surface area contributed by atoms with Crippen LogP contribution in [0.5, 0.6) is 0 Å². The lowest BCUT2D eigenvalue weighted by Crippen LogP contribution is -2.43. The predicted molar refractivity (Wildman–Crippen MR) is 105 cm³/mol. The van der Waals surface area contributed by atoms with E-state index in [1.165, 1.54) is 25.7 Å². The van der Waals surface area contributed by atoms with Gasteiger partial charge in [0.1, 0.15) is 0 Å². The summed E-state index contributed by atoms with van der Waals surface area (Å²) in [5.74, 6) is 0.877. The Morgan fingerprint density at radius 2 is 1.91 bits per heavy atom. The molecule has 1 fully saturated rings. The highest BCUT2D eigenvalue weighted by Gasteiger charge is 2.19. The van der Waals surface area contributed by atoms with E-state index in [9.17, 15) is 0 Å². The molecule has 6 heteroatoms. The van der Waals surface area contributed by atoms with Gasteiger partial charge in [-0.05, 0) is 40.7 Å². The van der Waals surface area contributed by atoms with Crippen molar-refractivity contribution >= 4 is 29.9 Å². The molecular weight excluding hydrogens is 391 g/mol. The molecule has 22 heavy (non-hydrogen) atoms. The molecule has 1 aliphatic carbocycles. The summed E-state index contributed by atoms with van der Waals surface area (Å²) in [4.78, 5) is 7.08. The van der Waals surface area contributed by atoms with Crippen molar-refractivity contribution < 1.29 is 4.74 Å². The van der Waals surface area contributed by atoms with Crippen LogP contribution in [0.3, 0.4) is 0 Å². The largest absolute Gasteiger partial charge is 0.377 e. The minimum atomic E-state index is -0.219. The average molecular weight is 426 g/mol. The van der Waals surface area contributed by atoms with Crippen molar-refractivity contribution in [2.24, 2.45) is 4.99 Å². The van der Waals surface area contributed by atoms with E-state index in [1.54, 1.807) is 7.11 Å². The van der Waals surface area contributed by atoms with Gasteiger partial charge in [-0.25, -0.2) is 0 Å². The minimum absolute atomic E-state index is 0. The Morgan fingerprint density at radius 1 is 1.27 bits per heavy atom. The molecule has 0 saturated heterocycles. The number of aliphatic imine (C=N–C) groups is 1. The number of nitrogens with one attached hydrogen (secondary N) is 2. The number of halogens is 1. The fourth-order valence-corrected chi connectivity index (χ4v) is 2.55. The van der Waals surface area contributed by atoms with E-state index in [0.717, 1.165) is 31.6 Å². The first kappa shape index (κ1) is 21.9. The fourth-order valence-electron chi connectivity index (χ4n) is 2.55. The zero-order valence-corrected chi connectivity index (χ0v) is 17.3. The number of hydrogen-bond acceptors (Lipinski definition) is 3. The highest BCUT2D eigenvalue weighted by Crippen LogP contribution is 2.21. The van der Waals surface area contributed by atoms with Gasteiger partial charge in [0.15, 0.2) is 5.96 Å². The Labute approximate surface area is 153 Å². The summed E-state index contributed by atoms with van der Waals surface area (Å²) in [6.07, 6.45) is 5.48. The summed E-state index contributed by atoms with van der Waals surface area (Å²) >= 11 is 0. The molecule has 1 rings (SSSR count). The molecule has 0 aromatic rings. The summed E-state index contributed by atoms with van der Waals surface area (Å²) in [5, 5.41) is 6.70. The van der Waals surface area contributed by atoms with Gasteiger partial charge in [-0.15, -0.1) is 24.0 Å². The molecular formula is C16H35IN4O. The smallest absolute Gasteiger partial charge is 0.191 e. The lowest BCUT2D eigenvalue weighted by atomic mass is 10.1. The van der Waals surface area contributed by atoms with E-state index in [2.05, 4.69) is 34.5 Å². The van der Waals surface area contributed by atoms with Crippen molar-refractivity contribution in [2.75, 3.05) is 40.3 Å². The van der Waals surface area contributed by atoms with Crippen molar-refractivity contribution in [2.45, 2.75) is 58.1 Å². The molecule has 0 aromatic heterocycles. The third-order valence-electron chi connectivity index (χ3n) is 4.22. The van der Waals surface area contributed by atoms with Gasteiger partial charge < -0.3 is 20.3 Å². The molecule has 0 spiro atoms. The number of likely N-dealkylation sites (N-methyl/N-ethyl adjacent to an activating group) is 1. The van der Waals surface area contributed by atoms with Crippen molar-refractivity contribution in [3.63, 3.8) is 0 Å². The third kappa shape index (κ3) is 8.53. The van der Waals surface area contributed by atoms with E-state index in [-0.39, 0.29) is 29.6 Å². The Hall–Kier alpha value is -0.0800. The molecule has 0 aliphatic heterocycles. The number of methoxy groups -OCH3 is 1. The van der Waals surface area contributed by atoms with Gasteiger partial charge in [0.25, 0.3) is 0 Å². The molecule has 0 aromatic carbocycles. The number of ether oxygens (including phenoxy) is 1. The van der Waals surface area contributed by atoms with Crippen molar-refractivity contribution in [1.82, 2.24) is 15.5 Å². The first-order valence-electron chi connectivity index (χ1n) is 8.26. The van der Waals surface area contributed by atoms with Crippen LogP contribution < -0.4 is 10.6 Å². The first-order valence-corrected chi connectivity index (χ1v) is 8.26. The molecule has 0 atom stereocenters. The molecule has 0 amide bonds. The van der Waals surface area contributed by atoms with E-state index >= 15 is 0 Å². The van der Waals surface area contributed by atoms with Crippen molar-refractivity contribution in [3.05, 3.63) is 0 Å². The monoisotopic (exact) mass is 426 g/mol. The number of hydrogen-bond donors (Lipinski definition) is 2. The number of nitrogens with zero attached hydrogens (tertiary/aromatic N) is 2. The summed E-state index contributed by atoms with van der Waals surface area (Å²) in [6, 6.07) is 0.777. The maximum atomic E-state index is 5.41. The molecule has 2 N–H and O–H groups in total. The first-order chi connectivity index (χ1) is 9.98. The molecule has 132 valence electrons. The van der Waals surface area contributed by atoms with Gasteiger partial charge in [0.05, 0.1) is 12.1 Å². The highest BCUT2D eigenvalue weighted by molar-refractivity contribution is 14.0. The summed E-state index contributed by atoms with van der Waals surface area (Å²) in [5.41, 5.74) is -0.219. The van der Waals surface area contributed by atoms with Crippen LogP contribution in [0.1, 0.15) is 46.5 Å². The van der Waals surface area contributed by atoms with Gasteiger partial charge in [-0.1, -0.05) is 12.8 Å². The Balaban J connectivity index is 0.00000441. The lowest BCUT2D eigenvalue weighted by molar-refractivity contribution is 0.0310. The van der Waals surface area contributed by atoms with E-state index in [4.69, 9.17) is 4.74 Å². The van der Waals surface area contributed by atoms with Crippen LogP contribution in [0, 0.1) is 0 Å². The number of rotatable bonds is 8. The zero-order valence-electron chi connectivity index (χ0n) is 14.9. The SMILES string of the molecule is CCNC(=NCC(C)(C)OC)NCCN(C)C1CCCC1.I. The van der Waals surface area contributed by atoms with Crippen molar-refractivity contribution in [1.29, 1.82) is 0 Å². The molecule has 1 aliphatic rings. The van der Waals surface area contributed by atoms with Gasteiger partial charge in [0, 0.05) is 32.8 Å². The van der Waals surface area contributed by atoms with Gasteiger partial charge in [0.2, 0.25) is 0 Å². The fraction of sp³-hybridized carbons (Fsp3) is 0.938. The van der Waals surface area contributed by atoms with Crippen LogP contribution in [-0.2, 0) is 4.74 Å². The topological polar surface area (TPSA) is 48.9 Å². The highest BCUT2D eigenvalue weighted by atomic mass is 127. The quantitative estimate of drug-likeness (QED) is 0.356. The van der Waals surface area contributed by atoms with Crippen LogP contribution >= 0.6 is 24.0 Å². The van der Waals surface area contributed by atoms with Crippen molar-refractivity contribution in [3.8, 4) is 0 Å². The summed E-state index contributed by atoms with van der Waals surface area (Å²) in [7, 11) is 3.96. The van der Waals surface area contributed by atoms with E-state index < -0.39 is 0 Å². The Morgan fingerprint density at radius 3 is 2.45 bits per heavy atom. The zero-order chi connectivity index (χ0) is 15.7. The maximum absolute atomic E-state index is 5.41. The van der Waals surface area contributed by atoms with E-state index in [0.29, 0.717) is 6.54 Å². The Bertz CT molecular complexity index is 317. The second-order valence-electron chi connectivity index (χ2n) is 6.50. The van der Waals surface area contributed by atoms with Gasteiger partial charge in [-0.3, -0.25) is 4.99 Å². The van der Waals surface area contributed by atoms with Crippen LogP contribution in [0.25, 0.3) is 0 Å². The minimum Gasteiger partial charge on any atom is -0.377 e. The average Bonchev–Trinajstić information content (AvgIpc) is 2.99. The summed E-state index contributed by atoms with van der Waals surface area (Å²) < 4.78 is 5.41. The molecule has 0 unspecified atom stereocenters. The Kier molecular flexibility index (Phi) is 11.4. The molecule has 5 nitrogen and oxygen atoms in total. The van der Waals surface area contributed by atoms with E-state index in [1.807, 2.05) is 13.8 Å².